The minimum Gasteiger partial charge on any atom is -0.506 e. The van der Waals surface area contributed by atoms with Gasteiger partial charge in [0.1, 0.15) is 27.8 Å². The summed E-state index contributed by atoms with van der Waals surface area (Å²) in [5, 5.41) is 20.8. The van der Waals surface area contributed by atoms with Crippen LogP contribution in [0, 0.1) is 6.92 Å². The molecular formula is C30H30N4O5S. The monoisotopic (exact) mass is 558 g/mol. The summed E-state index contributed by atoms with van der Waals surface area (Å²) in [7, 11) is 3.09. The van der Waals surface area contributed by atoms with E-state index in [9.17, 15) is 9.90 Å². The first-order valence-electron chi connectivity index (χ1n) is 13.0. The Labute approximate surface area is 235 Å². The van der Waals surface area contributed by atoms with Crippen molar-refractivity contribution in [3.8, 4) is 50.4 Å². The molecule has 40 heavy (non-hydrogen) atoms. The zero-order valence-electron chi connectivity index (χ0n) is 22.8. The summed E-state index contributed by atoms with van der Waals surface area (Å²) in [5.41, 5.74) is 2.72. The zero-order chi connectivity index (χ0) is 28.2. The van der Waals surface area contributed by atoms with Gasteiger partial charge in [-0.1, -0.05) is 49.7 Å². The summed E-state index contributed by atoms with van der Waals surface area (Å²) in [5.74, 6) is 0.911. The highest BCUT2D eigenvalue weighted by Gasteiger charge is 2.27. The van der Waals surface area contributed by atoms with Crippen LogP contribution >= 0.6 is 11.3 Å². The summed E-state index contributed by atoms with van der Waals surface area (Å²) in [6.07, 6.45) is 2.55. The average Bonchev–Trinajstić information content (AvgIpc) is 3.58. The molecule has 10 heteroatoms. The minimum absolute atomic E-state index is 0.0814. The molecule has 0 aliphatic carbocycles. The highest BCUT2D eigenvalue weighted by Crippen LogP contribution is 2.46. The molecule has 0 unspecified atom stereocenters. The molecule has 3 aromatic heterocycles. The van der Waals surface area contributed by atoms with E-state index in [1.807, 2.05) is 37.3 Å². The molecule has 0 aliphatic heterocycles. The van der Waals surface area contributed by atoms with Gasteiger partial charge in [0.2, 0.25) is 5.89 Å². The fourth-order valence-corrected chi connectivity index (χ4v) is 5.54. The predicted octanol–water partition coefficient (Wildman–Crippen LogP) is 6.18. The van der Waals surface area contributed by atoms with Gasteiger partial charge in [-0.15, -0.1) is 21.5 Å². The first-order valence-corrected chi connectivity index (χ1v) is 13.8. The van der Waals surface area contributed by atoms with Crippen LogP contribution < -0.4 is 15.0 Å². The van der Waals surface area contributed by atoms with Crippen molar-refractivity contribution >= 4 is 11.3 Å². The second kappa shape index (κ2) is 11.7. The van der Waals surface area contributed by atoms with Crippen LogP contribution in [0.1, 0.15) is 41.9 Å². The summed E-state index contributed by atoms with van der Waals surface area (Å²) in [6, 6.07) is 15.3. The van der Waals surface area contributed by atoms with Crippen molar-refractivity contribution in [1.82, 2.24) is 20.2 Å². The number of hydrogen-bond donors (Lipinski definition) is 2. The zero-order valence-corrected chi connectivity index (χ0v) is 23.6. The minimum atomic E-state index is -0.521. The number of benzene rings is 2. The smallest absolute Gasteiger partial charge is 0.264 e. The molecule has 0 spiro atoms. The number of rotatable bonds is 10. The molecule has 0 saturated heterocycles. The summed E-state index contributed by atoms with van der Waals surface area (Å²) in [6.45, 7) is 4.05. The molecule has 9 nitrogen and oxygen atoms in total. The van der Waals surface area contributed by atoms with Crippen molar-refractivity contribution in [2.75, 3.05) is 14.2 Å². The van der Waals surface area contributed by atoms with Crippen molar-refractivity contribution in [2.45, 2.75) is 39.5 Å². The first kappa shape index (κ1) is 27.1. The average molecular weight is 559 g/mol. The fourth-order valence-electron chi connectivity index (χ4n) is 4.61. The third-order valence-electron chi connectivity index (χ3n) is 6.64. The number of aromatic amines is 1. The largest absolute Gasteiger partial charge is 0.506 e. The molecule has 0 radical (unpaired) electrons. The maximum atomic E-state index is 13.3. The highest BCUT2D eigenvalue weighted by molar-refractivity contribution is 7.15. The van der Waals surface area contributed by atoms with Crippen LogP contribution in [0.25, 0.3) is 33.2 Å². The van der Waals surface area contributed by atoms with Crippen LogP contribution in [0.2, 0.25) is 0 Å². The first-order chi connectivity index (χ1) is 19.4. The molecule has 0 saturated carbocycles. The maximum absolute atomic E-state index is 13.3. The van der Waals surface area contributed by atoms with Gasteiger partial charge in [-0.25, -0.2) is 4.98 Å². The molecule has 5 aromatic rings. The van der Waals surface area contributed by atoms with Crippen molar-refractivity contribution in [3.05, 3.63) is 81.0 Å². The summed E-state index contributed by atoms with van der Waals surface area (Å²) in [4.78, 5) is 22.0. The number of aryl methyl sites for hydroxylation is 2. The van der Waals surface area contributed by atoms with Gasteiger partial charge in [-0.3, -0.25) is 4.79 Å². The van der Waals surface area contributed by atoms with E-state index in [0.717, 1.165) is 34.0 Å². The van der Waals surface area contributed by atoms with Crippen LogP contribution in [-0.2, 0) is 12.8 Å². The lowest BCUT2D eigenvalue weighted by Gasteiger charge is -2.18. The van der Waals surface area contributed by atoms with Gasteiger partial charge < -0.3 is 24.0 Å². The summed E-state index contributed by atoms with van der Waals surface area (Å²) >= 11 is 1.59. The Morgan fingerprint density at radius 3 is 2.38 bits per heavy atom. The number of thiazole rings is 1. The van der Waals surface area contributed by atoms with Crippen LogP contribution in [0.5, 0.6) is 17.2 Å². The van der Waals surface area contributed by atoms with Crippen molar-refractivity contribution in [3.63, 3.8) is 0 Å². The van der Waals surface area contributed by atoms with Crippen LogP contribution in [0.3, 0.4) is 0 Å². The van der Waals surface area contributed by atoms with Crippen LogP contribution in [0.4, 0.5) is 0 Å². The number of ether oxygens (including phenoxy) is 2. The van der Waals surface area contributed by atoms with E-state index in [2.05, 4.69) is 22.1 Å². The Morgan fingerprint density at radius 1 is 0.975 bits per heavy atom. The second-order valence-electron chi connectivity index (χ2n) is 9.24. The SMILES string of the molecule is CCCCc1[nH]c(=O)c(-c2nnc(Cc3nc(-c4ccccc4)sc3C)o2)c(O)c1-c1c(OC)cccc1OC. The molecule has 2 N–H and O–H groups in total. The second-order valence-corrected chi connectivity index (χ2v) is 10.4. The van der Waals surface area contributed by atoms with Crippen LogP contribution in [0.15, 0.2) is 57.7 Å². The molecule has 206 valence electrons. The molecule has 2 aromatic carbocycles. The van der Waals surface area contributed by atoms with E-state index in [4.69, 9.17) is 18.9 Å². The van der Waals surface area contributed by atoms with Gasteiger partial charge in [-0.05, 0) is 31.9 Å². The number of hydrogen-bond acceptors (Lipinski definition) is 9. The van der Waals surface area contributed by atoms with Gasteiger partial charge in [0.05, 0.1) is 37.5 Å². The number of nitrogens with one attached hydrogen (secondary N) is 1. The van der Waals surface area contributed by atoms with E-state index in [-0.39, 0.29) is 23.1 Å². The Morgan fingerprint density at radius 2 is 1.70 bits per heavy atom. The molecule has 0 amide bonds. The molecular weight excluding hydrogens is 528 g/mol. The molecule has 0 bridgehead atoms. The third kappa shape index (κ3) is 5.22. The van der Waals surface area contributed by atoms with Gasteiger partial charge in [0.15, 0.2) is 0 Å². The standard InChI is InChI=1S/C30H30N4O5S/c1-5-6-13-19-24(25-21(37-3)14-10-15-22(25)38-4)27(35)26(28(36)31-19)29-34-33-23(39-29)16-20-17(2)40-30(32-20)18-11-8-7-9-12-18/h7-12,14-15H,5-6,13,16H2,1-4H3,(H2,31,35,36). The van der Waals surface area contributed by atoms with E-state index in [1.165, 1.54) is 0 Å². The molecule has 0 fully saturated rings. The maximum Gasteiger partial charge on any atom is 0.264 e. The van der Waals surface area contributed by atoms with Crippen molar-refractivity contribution < 1.29 is 19.0 Å². The molecule has 5 rings (SSSR count). The number of H-pyrrole nitrogens is 1. The molecule has 3 heterocycles. The van der Waals surface area contributed by atoms with E-state index in [1.54, 1.807) is 43.8 Å². The van der Waals surface area contributed by atoms with Crippen molar-refractivity contribution in [1.29, 1.82) is 0 Å². The van der Waals surface area contributed by atoms with Crippen molar-refractivity contribution in [2.24, 2.45) is 0 Å². The predicted molar refractivity (Wildman–Crippen MR) is 154 cm³/mol. The fraction of sp³-hybridized carbons (Fsp3) is 0.267. The van der Waals surface area contributed by atoms with E-state index < -0.39 is 5.56 Å². The van der Waals surface area contributed by atoms with Gasteiger partial charge in [-0.2, -0.15) is 0 Å². The van der Waals surface area contributed by atoms with Crippen LogP contribution in [-0.4, -0.2) is 39.5 Å². The van der Waals surface area contributed by atoms with E-state index >= 15 is 0 Å². The normalized spacial score (nSPS) is 11.1. The lowest BCUT2D eigenvalue weighted by atomic mass is 9.96. The lowest BCUT2D eigenvalue weighted by molar-refractivity contribution is 0.396. The Hall–Kier alpha value is -4.44. The highest BCUT2D eigenvalue weighted by atomic mass is 32.1. The molecule has 0 aliphatic rings. The van der Waals surface area contributed by atoms with Gasteiger partial charge in [0, 0.05) is 16.1 Å². The van der Waals surface area contributed by atoms with Gasteiger partial charge >= 0.3 is 0 Å². The Kier molecular flexibility index (Phi) is 7.97. The number of pyridine rings is 1. The van der Waals surface area contributed by atoms with Gasteiger partial charge in [0.25, 0.3) is 11.4 Å². The van der Waals surface area contributed by atoms with E-state index in [0.29, 0.717) is 41.2 Å². The number of aromatic nitrogens is 4. The quantitative estimate of drug-likeness (QED) is 0.208. The molecule has 0 atom stereocenters. The Balaban J connectivity index is 1.57. The summed E-state index contributed by atoms with van der Waals surface area (Å²) < 4.78 is 17.1. The number of unbranched alkanes of at least 4 members (excludes halogenated alkanes) is 1. The lowest BCUT2D eigenvalue weighted by Crippen LogP contribution is -2.14. The third-order valence-corrected chi connectivity index (χ3v) is 7.70. The number of aromatic hydroxyl groups is 1. The number of nitrogens with zero attached hydrogens (tertiary/aromatic N) is 3. The topological polar surface area (TPSA) is 123 Å². The Bertz CT molecular complexity index is 1670. The number of methoxy groups -OCH3 is 2.